The summed E-state index contributed by atoms with van der Waals surface area (Å²) in [6, 6.07) is 14.0. The van der Waals surface area contributed by atoms with Gasteiger partial charge in [-0.3, -0.25) is 0 Å². The van der Waals surface area contributed by atoms with Gasteiger partial charge in [-0.25, -0.2) is 0 Å². The van der Waals surface area contributed by atoms with Crippen molar-refractivity contribution in [3.8, 4) is 11.5 Å². The van der Waals surface area contributed by atoms with Crippen molar-refractivity contribution in [3.63, 3.8) is 0 Å². The molecule has 6 heteroatoms. The third-order valence-electron chi connectivity index (χ3n) is 6.82. The van der Waals surface area contributed by atoms with Crippen LogP contribution in [0.2, 0.25) is 0 Å². The molecule has 0 atom stereocenters. The van der Waals surface area contributed by atoms with E-state index in [0.29, 0.717) is 23.5 Å². The molecule has 0 saturated carbocycles. The van der Waals surface area contributed by atoms with Gasteiger partial charge in [0.25, 0.3) is 0 Å². The molecule has 1 N–H and O–H groups in total. The van der Waals surface area contributed by atoms with Crippen LogP contribution in [0.4, 0.5) is 0 Å². The number of fused-ring (bicyclic) bond motifs is 2. The van der Waals surface area contributed by atoms with Crippen molar-refractivity contribution in [2.24, 2.45) is 0 Å². The molecule has 0 radical (unpaired) electrons. The van der Waals surface area contributed by atoms with Gasteiger partial charge in [-0.2, -0.15) is 0 Å². The molecule has 1 aliphatic heterocycles. The summed E-state index contributed by atoms with van der Waals surface area (Å²) in [5, 5.41) is 0. The molecule has 0 aliphatic carbocycles. The number of carbonyl (C=O) groups excluding carboxylic acids is 1. The molecule has 0 unspecified atom stereocenters. The van der Waals surface area contributed by atoms with Gasteiger partial charge in [0.15, 0.2) is 0 Å². The summed E-state index contributed by atoms with van der Waals surface area (Å²) in [5.41, 5.74) is 6.24. The van der Waals surface area contributed by atoms with E-state index in [1.165, 1.54) is 0 Å². The molecule has 4 nitrogen and oxygen atoms in total. The first-order chi connectivity index (χ1) is 17.0. The first-order valence-electron chi connectivity index (χ1n) is 12.7. The van der Waals surface area contributed by atoms with Gasteiger partial charge < -0.3 is 0 Å². The molecule has 3 aromatic rings. The summed E-state index contributed by atoms with van der Waals surface area (Å²) in [6.45, 7) is 18.7. The third-order valence-corrected chi connectivity index (χ3v) is 9.29. The van der Waals surface area contributed by atoms with Crippen molar-refractivity contribution in [1.82, 2.24) is 0 Å². The Morgan fingerprint density at radius 1 is 0.811 bits per heavy atom. The van der Waals surface area contributed by atoms with Gasteiger partial charge in [-0.1, -0.05) is 0 Å². The first kappa shape index (κ1) is 28.1. The van der Waals surface area contributed by atoms with E-state index in [1.54, 1.807) is 6.07 Å². The number of hydrogen-bond acceptors (Lipinski definition) is 4. The quantitative estimate of drug-likeness (QED) is 0.228. The summed E-state index contributed by atoms with van der Waals surface area (Å²) in [6.07, 6.45) is 0.585. The number of benzene rings is 3. The molecule has 4 rings (SSSR count). The van der Waals surface area contributed by atoms with Crippen molar-refractivity contribution in [2.75, 3.05) is 0 Å². The molecule has 0 spiro atoms. The van der Waals surface area contributed by atoms with E-state index >= 15 is 0 Å². The normalized spacial score (nSPS) is 15.9. The van der Waals surface area contributed by atoms with Crippen LogP contribution in [-0.4, -0.2) is 10.4 Å². The summed E-state index contributed by atoms with van der Waals surface area (Å²) >= 11 is 2.22. The van der Waals surface area contributed by atoms with Crippen molar-refractivity contribution < 1.29 is 18.7 Å². The maximum atomic E-state index is 14.2. The Morgan fingerprint density at radius 2 is 1.27 bits per heavy atom. The standard InChI is InChI=1S/C31H38IO4P/c1-18-12-21-17-22-13-19(2)15-26(31(7,8)9)28(22)36-37(34,35-27(21)25(14-18)30(4,5)6)29(33)24-11-10-23(32)16-20(24)3/h10-16,34,37H,17H2,1-9H3. The van der Waals surface area contributed by atoms with Crippen molar-refractivity contribution in [3.05, 3.63) is 90.5 Å². The summed E-state index contributed by atoms with van der Waals surface area (Å²) < 4.78 is 14.0. The van der Waals surface area contributed by atoms with Crippen LogP contribution >= 0.6 is 30.5 Å². The van der Waals surface area contributed by atoms with Crippen LogP contribution in [0.1, 0.15) is 90.8 Å². The molecular weight excluding hydrogens is 594 g/mol. The second kappa shape index (κ2) is 9.66. The summed E-state index contributed by atoms with van der Waals surface area (Å²) in [5.74, 6) is 1.13. The van der Waals surface area contributed by atoms with E-state index in [0.717, 1.165) is 42.5 Å². The van der Waals surface area contributed by atoms with Crippen LogP contribution in [-0.2, 0) is 17.3 Å². The Kier molecular flexibility index (Phi) is 7.33. The Bertz CT molecular complexity index is 1320. The van der Waals surface area contributed by atoms with E-state index in [4.69, 9.17) is 9.05 Å². The van der Waals surface area contributed by atoms with Crippen molar-refractivity contribution in [1.29, 1.82) is 0 Å². The van der Waals surface area contributed by atoms with Gasteiger partial charge >= 0.3 is 236 Å². The van der Waals surface area contributed by atoms with Crippen LogP contribution in [0.15, 0.2) is 42.5 Å². The minimum atomic E-state index is -4.51. The fraction of sp³-hybridized carbons (Fsp3) is 0.387. The topological polar surface area (TPSA) is 55.8 Å². The zero-order valence-corrected chi connectivity index (χ0v) is 26.5. The molecule has 0 fully saturated rings. The average molecular weight is 633 g/mol. The van der Waals surface area contributed by atoms with Crippen LogP contribution in [0.25, 0.3) is 0 Å². The average Bonchev–Trinajstić information content (AvgIpc) is 2.74. The van der Waals surface area contributed by atoms with Gasteiger partial charge in [-0.05, 0) is 0 Å². The Hall–Kier alpha value is -1.95. The van der Waals surface area contributed by atoms with E-state index in [2.05, 4.69) is 102 Å². The predicted molar refractivity (Wildman–Crippen MR) is 163 cm³/mol. The SMILES string of the molecule is Cc1cc2c(c(C(C)(C)C)c1)O[PH](O)(C(=O)c1ccc(I)cc1C)Oc1c(cc(C)cc1C(C)(C)C)C2. The number of carbonyl (C=O) groups is 1. The Balaban J connectivity index is 2.05. The molecule has 0 bridgehead atoms. The van der Waals surface area contributed by atoms with E-state index in [-0.39, 0.29) is 10.8 Å². The molecule has 0 aromatic heterocycles. The second-order valence-corrected chi connectivity index (χ2v) is 15.6. The Labute approximate surface area is 235 Å². The first-order valence-corrected chi connectivity index (χ1v) is 15.5. The fourth-order valence-corrected chi connectivity index (χ4v) is 7.49. The molecule has 1 heterocycles. The van der Waals surface area contributed by atoms with Crippen LogP contribution in [0.5, 0.6) is 11.5 Å². The van der Waals surface area contributed by atoms with Gasteiger partial charge in [-0.15, -0.1) is 0 Å². The monoisotopic (exact) mass is 632 g/mol. The number of halogens is 1. The van der Waals surface area contributed by atoms with Crippen molar-refractivity contribution in [2.45, 2.75) is 79.6 Å². The molecule has 1 aliphatic rings. The van der Waals surface area contributed by atoms with Crippen LogP contribution in [0.3, 0.4) is 0 Å². The van der Waals surface area contributed by atoms with Crippen LogP contribution < -0.4 is 9.05 Å². The van der Waals surface area contributed by atoms with Crippen molar-refractivity contribution >= 4 is 36.1 Å². The number of rotatable bonds is 2. The zero-order valence-electron chi connectivity index (χ0n) is 23.3. The minimum absolute atomic E-state index is 0.265. The predicted octanol–water partition coefficient (Wildman–Crippen LogP) is 8.50. The van der Waals surface area contributed by atoms with E-state index < -0.39 is 13.5 Å². The summed E-state index contributed by atoms with van der Waals surface area (Å²) in [4.78, 5) is 26.4. The molecule has 198 valence electrons. The zero-order chi connectivity index (χ0) is 27.5. The molecule has 37 heavy (non-hydrogen) atoms. The van der Waals surface area contributed by atoms with Gasteiger partial charge in [0.05, 0.1) is 0 Å². The number of aryl methyl sites for hydroxylation is 3. The third kappa shape index (κ3) is 5.60. The van der Waals surface area contributed by atoms with Crippen LogP contribution in [0, 0.1) is 24.3 Å². The molecule has 0 saturated heterocycles. The van der Waals surface area contributed by atoms with E-state index in [9.17, 15) is 9.69 Å². The molecule has 3 aromatic carbocycles. The Morgan fingerprint density at radius 3 is 1.68 bits per heavy atom. The van der Waals surface area contributed by atoms with Gasteiger partial charge in [0, 0.05) is 0 Å². The fourth-order valence-electron chi connectivity index (χ4n) is 4.96. The summed E-state index contributed by atoms with van der Waals surface area (Å²) in [7, 11) is -4.51. The molecule has 0 amide bonds. The maximum absolute atomic E-state index is 14.2. The second-order valence-electron chi connectivity index (χ2n) is 12.4. The van der Waals surface area contributed by atoms with Gasteiger partial charge in [0.2, 0.25) is 0 Å². The van der Waals surface area contributed by atoms with Gasteiger partial charge in [0.1, 0.15) is 0 Å². The molecular formula is C31H38IO4P. The number of hydrogen-bond donors (Lipinski definition) is 1. The van der Waals surface area contributed by atoms with E-state index in [1.807, 2.05) is 19.1 Å².